The topological polar surface area (TPSA) is 25.8 Å². The first-order chi connectivity index (χ1) is 10.9. The first-order valence-corrected chi connectivity index (χ1v) is 8.42. The summed E-state index contributed by atoms with van der Waals surface area (Å²) in [5.74, 6) is 0. The van der Waals surface area contributed by atoms with E-state index in [2.05, 4.69) is 56.2 Å². The molecule has 23 heavy (non-hydrogen) atoms. The lowest BCUT2D eigenvalue weighted by Crippen LogP contribution is -1.83. The highest BCUT2D eigenvalue weighted by Crippen LogP contribution is 2.15. The summed E-state index contributed by atoms with van der Waals surface area (Å²) in [6.07, 6.45) is 9.56. The second-order valence-corrected chi connectivity index (χ2v) is 5.54. The zero-order valence-corrected chi connectivity index (χ0v) is 14.0. The minimum Gasteiger partial charge on any atom is -0.265 e. The Hall–Kier alpha value is -2.00. The van der Waals surface area contributed by atoms with E-state index in [0.717, 1.165) is 5.33 Å². The third kappa shape index (κ3) is 7.20. The molecule has 2 aromatic heterocycles. The van der Waals surface area contributed by atoms with E-state index in [4.69, 9.17) is 0 Å². The maximum Gasteiger partial charge on any atom is 0.0273 e. The van der Waals surface area contributed by atoms with Crippen molar-refractivity contribution in [3.63, 3.8) is 0 Å². The molecule has 0 atom stereocenters. The molecule has 2 heterocycles. The van der Waals surface area contributed by atoms with Crippen LogP contribution in [0.3, 0.4) is 0 Å². The zero-order valence-electron chi connectivity index (χ0n) is 12.4. The Balaban J connectivity index is 0.000000224. The Bertz CT molecular complexity index is 590. The van der Waals surface area contributed by atoms with Gasteiger partial charge in [0.2, 0.25) is 0 Å². The molecule has 0 amide bonds. The van der Waals surface area contributed by atoms with Crippen LogP contribution in [0, 0.1) is 0 Å². The smallest absolute Gasteiger partial charge is 0.0273 e. The van der Waals surface area contributed by atoms with Gasteiger partial charge in [0, 0.05) is 30.1 Å². The summed E-state index contributed by atoms with van der Waals surface area (Å²) in [7, 11) is 0. The van der Waals surface area contributed by atoms with Gasteiger partial charge in [-0.3, -0.25) is 9.97 Å². The Labute approximate surface area is 147 Å². The molecule has 0 N–H and O–H groups in total. The zero-order chi connectivity index (χ0) is 15.5. The lowest BCUT2D eigenvalue weighted by molar-refractivity contribution is 0.940. The molecule has 0 aliphatic heterocycles. The molecule has 0 aliphatic carbocycles. The Kier molecular flexibility index (Phi) is 9.57. The minimum atomic E-state index is 0. The number of hydrogen-bond donors (Lipinski definition) is 0. The summed E-state index contributed by atoms with van der Waals surface area (Å²) in [5, 5.41) is 1.10. The van der Waals surface area contributed by atoms with Crippen LogP contribution in [0.25, 0.3) is 11.1 Å². The second kappa shape index (κ2) is 11.6. The van der Waals surface area contributed by atoms with Gasteiger partial charge in [-0.2, -0.15) is 0 Å². The van der Waals surface area contributed by atoms with Gasteiger partial charge in [0.15, 0.2) is 0 Å². The fourth-order valence-electron chi connectivity index (χ4n) is 2.00. The molecule has 0 saturated heterocycles. The highest BCUT2D eigenvalue weighted by atomic mass is 79.9. The van der Waals surface area contributed by atoms with Crippen molar-refractivity contribution >= 4 is 15.9 Å². The maximum atomic E-state index is 3.96. The fourth-order valence-corrected chi connectivity index (χ4v) is 2.28. The van der Waals surface area contributed by atoms with Crippen molar-refractivity contribution in [1.82, 2.24) is 9.97 Å². The average Bonchev–Trinajstić information content (AvgIpc) is 2.63. The minimum absolute atomic E-state index is 0. The van der Waals surface area contributed by atoms with Crippen LogP contribution >= 0.6 is 15.9 Å². The summed E-state index contributed by atoms with van der Waals surface area (Å²) in [5.41, 5.74) is 3.78. The number of rotatable bonds is 4. The molecule has 0 aliphatic rings. The van der Waals surface area contributed by atoms with Crippen LogP contribution in [0.2, 0.25) is 0 Å². The molecule has 2 nitrogen and oxygen atoms in total. The van der Waals surface area contributed by atoms with Gasteiger partial charge in [-0.15, -0.1) is 0 Å². The molecular weight excluding hydrogens is 348 g/mol. The van der Waals surface area contributed by atoms with Crippen molar-refractivity contribution in [1.29, 1.82) is 0 Å². The van der Waals surface area contributed by atoms with Crippen molar-refractivity contribution in [3.05, 3.63) is 84.9 Å². The van der Waals surface area contributed by atoms with Gasteiger partial charge in [0.1, 0.15) is 0 Å². The molecule has 0 fully saturated rings. The third-order valence-electron chi connectivity index (χ3n) is 3.14. The number of alkyl halides is 1. The van der Waals surface area contributed by atoms with Crippen LogP contribution in [0.4, 0.5) is 0 Å². The van der Waals surface area contributed by atoms with Crippen LogP contribution in [0.5, 0.6) is 0 Å². The maximum absolute atomic E-state index is 3.96. The Morgan fingerprint density at radius 3 is 1.61 bits per heavy atom. The molecule has 3 aromatic rings. The van der Waals surface area contributed by atoms with Crippen LogP contribution in [-0.4, -0.2) is 15.3 Å². The SMILES string of the molecule is BrCCCc1ccccc1.C.c1cc(-c2ccncc2)ccn1. The number of aromatic nitrogens is 2. The van der Waals surface area contributed by atoms with E-state index >= 15 is 0 Å². The van der Waals surface area contributed by atoms with Crippen LogP contribution in [0.15, 0.2) is 79.4 Å². The highest BCUT2D eigenvalue weighted by molar-refractivity contribution is 9.09. The summed E-state index contributed by atoms with van der Waals surface area (Å²) < 4.78 is 0. The van der Waals surface area contributed by atoms with Crippen molar-refractivity contribution in [2.75, 3.05) is 5.33 Å². The third-order valence-corrected chi connectivity index (χ3v) is 3.70. The van der Waals surface area contributed by atoms with Crippen molar-refractivity contribution < 1.29 is 0 Å². The number of benzene rings is 1. The molecule has 0 radical (unpaired) electrons. The van der Waals surface area contributed by atoms with Crippen LogP contribution < -0.4 is 0 Å². The van der Waals surface area contributed by atoms with Gasteiger partial charge >= 0.3 is 0 Å². The molecule has 120 valence electrons. The predicted molar refractivity (Wildman–Crippen MR) is 103 cm³/mol. The highest BCUT2D eigenvalue weighted by Gasteiger charge is 1.93. The quantitative estimate of drug-likeness (QED) is 0.542. The molecule has 0 bridgehead atoms. The van der Waals surface area contributed by atoms with E-state index in [1.165, 1.54) is 29.5 Å². The average molecular weight is 371 g/mol. The van der Waals surface area contributed by atoms with Crippen LogP contribution in [0.1, 0.15) is 19.4 Å². The second-order valence-electron chi connectivity index (χ2n) is 4.75. The van der Waals surface area contributed by atoms with E-state index in [1.807, 2.05) is 24.3 Å². The normalized spacial score (nSPS) is 9.26. The molecule has 0 unspecified atom stereocenters. The van der Waals surface area contributed by atoms with Crippen molar-refractivity contribution in [2.45, 2.75) is 20.3 Å². The fraction of sp³-hybridized carbons (Fsp3) is 0.200. The molecule has 0 saturated carbocycles. The molecule has 1 aromatic carbocycles. The number of aryl methyl sites for hydroxylation is 1. The number of pyridine rings is 2. The van der Waals surface area contributed by atoms with Gasteiger partial charge in [-0.25, -0.2) is 0 Å². The van der Waals surface area contributed by atoms with Gasteiger partial charge in [0.05, 0.1) is 0 Å². The van der Waals surface area contributed by atoms with E-state index in [-0.39, 0.29) is 7.43 Å². The van der Waals surface area contributed by atoms with E-state index in [9.17, 15) is 0 Å². The number of halogens is 1. The summed E-state index contributed by atoms with van der Waals surface area (Å²) >= 11 is 3.41. The van der Waals surface area contributed by atoms with Gasteiger partial charge < -0.3 is 0 Å². The van der Waals surface area contributed by atoms with Gasteiger partial charge in [-0.1, -0.05) is 53.7 Å². The van der Waals surface area contributed by atoms with Crippen molar-refractivity contribution in [3.8, 4) is 11.1 Å². The Morgan fingerprint density at radius 2 is 1.17 bits per heavy atom. The summed E-state index contributed by atoms with van der Waals surface area (Å²) in [4.78, 5) is 7.91. The van der Waals surface area contributed by atoms with Crippen LogP contribution in [-0.2, 0) is 6.42 Å². The predicted octanol–water partition coefficient (Wildman–Crippen LogP) is 5.79. The lowest BCUT2D eigenvalue weighted by Gasteiger charge is -1.97. The first kappa shape index (κ1) is 19.0. The number of nitrogens with zero attached hydrogens (tertiary/aromatic N) is 2. The van der Waals surface area contributed by atoms with Gasteiger partial charge in [0.25, 0.3) is 0 Å². The molecule has 3 rings (SSSR count). The van der Waals surface area contributed by atoms with E-state index in [0.29, 0.717) is 0 Å². The monoisotopic (exact) mass is 370 g/mol. The molecule has 3 heteroatoms. The Morgan fingerprint density at radius 1 is 0.696 bits per heavy atom. The summed E-state index contributed by atoms with van der Waals surface area (Å²) in [6, 6.07) is 18.5. The first-order valence-electron chi connectivity index (χ1n) is 7.30. The summed E-state index contributed by atoms with van der Waals surface area (Å²) in [6.45, 7) is 0. The lowest BCUT2D eigenvalue weighted by atomic mass is 10.1. The molecular formula is C20H23BrN2. The van der Waals surface area contributed by atoms with Crippen molar-refractivity contribution in [2.24, 2.45) is 0 Å². The van der Waals surface area contributed by atoms with Gasteiger partial charge in [-0.05, 0) is 53.8 Å². The largest absolute Gasteiger partial charge is 0.265 e. The van der Waals surface area contributed by atoms with E-state index in [1.54, 1.807) is 24.8 Å². The standard InChI is InChI=1S/C10H8N2.C9H11Br.CH4/c1-5-11-6-2-9(1)10-3-7-12-8-4-10;10-8-4-7-9-5-2-1-3-6-9;/h1-8H;1-3,5-6H,4,7-8H2;1H4. The molecule has 0 spiro atoms. The number of hydrogen-bond acceptors (Lipinski definition) is 2. The van der Waals surface area contributed by atoms with E-state index < -0.39 is 0 Å².